The molecule has 0 radical (unpaired) electrons. The predicted octanol–water partition coefficient (Wildman–Crippen LogP) is 3.14. The van der Waals surface area contributed by atoms with Gasteiger partial charge < -0.3 is 16.0 Å². The normalized spacial score (nSPS) is 21.8. The summed E-state index contributed by atoms with van der Waals surface area (Å²) in [6.07, 6.45) is 3.58. The molecule has 1 saturated heterocycles. The molecule has 3 N–H and O–H groups in total. The van der Waals surface area contributed by atoms with Crippen molar-refractivity contribution in [1.82, 2.24) is 15.1 Å². The van der Waals surface area contributed by atoms with Crippen LogP contribution in [0.15, 0.2) is 48.5 Å². The molecule has 35 heavy (non-hydrogen) atoms. The number of hydrogen-bond acceptors (Lipinski definition) is 4. The molecule has 2 aromatic rings. The number of benzene rings is 2. The van der Waals surface area contributed by atoms with Gasteiger partial charge in [-0.2, -0.15) is 0 Å². The van der Waals surface area contributed by atoms with Crippen molar-refractivity contribution in [2.75, 3.05) is 26.2 Å². The monoisotopic (exact) mass is 500 g/mol. The fourth-order valence-electron chi connectivity index (χ4n) is 5.14. The maximum absolute atomic E-state index is 13.8. The van der Waals surface area contributed by atoms with Gasteiger partial charge in [0.05, 0.1) is 10.9 Å². The summed E-state index contributed by atoms with van der Waals surface area (Å²) < 4.78 is 13.8. The highest BCUT2D eigenvalue weighted by molar-refractivity contribution is 6.30. The van der Waals surface area contributed by atoms with Crippen molar-refractivity contribution >= 4 is 29.3 Å². The predicted molar refractivity (Wildman–Crippen MR) is 131 cm³/mol. The molecule has 7 nitrogen and oxygen atoms in total. The average molecular weight is 501 g/mol. The summed E-state index contributed by atoms with van der Waals surface area (Å²) in [4.78, 5) is 42.2. The third-order valence-corrected chi connectivity index (χ3v) is 7.31. The molecule has 0 aromatic heterocycles. The van der Waals surface area contributed by atoms with Crippen molar-refractivity contribution < 1.29 is 18.8 Å². The van der Waals surface area contributed by atoms with E-state index in [0.29, 0.717) is 31.7 Å². The second-order valence-electron chi connectivity index (χ2n) is 9.17. The molecule has 1 saturated carbocycles. The van der Waals surface area contributed by atoms with Crippen LogP contribution in [-0.4, -0.2) is 59.7 Å². The van der Waals surface area contributed by atoms with Crippen molar-refractivity contribution in [2.24, 2.45) is 11.7 Å². The van der Waals surface area contributed by atoms with Crippen LogP contribution in [0.3, 0.4) is 0 Å². The van der Waals surface area contributed by atoms with Crippen LogP contribution in [0.25, 0.3) is 0 Å². The lowest BCUT2D eigenvalue weighted by Gasteiger charge is -2.44. The molecule has 3 atom stereocenters. The molecule has 1 aliphatic heterocycles. The van der Waals surface area contributed by atoms with Gasteiger partial charge in [-0.05, 0) is 36.6 Å². The molecule has 9 heteroatoms. The Balaban J connectivity index is 1.40. The third kappa shape index (κ3) is 5.82. The van der Waals surface area contributed by atoms with Crippen LogP contribution in [0.5, 0.6) is 0 Å². The lowest BCUT2D eigenvalue weighted by atomic mass is 9.82. The number of primary amides is 1. The fraction of sp³-hybridized carbons (Fsp3) is 0.423. The maximum Gasteiger partial charge on any atom is 0.254 e. The topological polar surface area (TPSA) is 95.7 Å². The van der Waals surface area contributed by atoms with Crippen molar-refractivity contribution in [3.05, 3.63) is 70.5 Å². The van der Waals surface area contributed by atoms with Gasteiger partial charge in [-0.15, -0.1) is 0 Å². The molecular formula is C26H30ClFN4O3. The van der Waals surface area contributed by atoms with Crippen LogP contribution in [0.4, 0.5) is 4.39 Å². The fourth-order valence-corrected chi connectivity index (χ4v) is 5.25. The van der Waals surface area contributed by atoms with E-state index in [2.05, 4.69) is 10.2 Å². The van der Waals surface area contributed by atoms with Gasteiger partial charge in [0.15, 0.2) is 0 Å². The minimum Gasteiger partial charge on any atom is -0.368 e. The van der Waals surface area contributed by atoms with E-state index in [1.807, 2.05) is 6.07 Å². The third-order valence-electron chi connectivity index (χ3n) is 7.01. The van der Waals surface area contributed by atoms with Gasteiger partial charge in [-0.3, -0.25) is 19.3 Å². The number of amides is 3. The van der Waals surface area contributed by atoms with Gasteiger partial charge in [-0.1, -0.05) is 54.8 Å². The Morgan fingerprint density at radius 1 is 1.00 bits per heavy atom. The first-order chi connectivity index (χ1) is 16.8. The zero-order valence-corrected chi connectivity index (χ0v) is 20.2. The van der Waals surface area contributed by atoms with Gasteiger partial charge in [0.25, 0.3) is 5.91 Å². The average Bonchev–Trinajstić information content (AvgIpc) is 2.88. The first-order valence-corrected chi connectivity index (χ1v) is 12.4. The van der Waals surface area contributed by atoms with Gasteiger partial charge in [-0.25, -0.2) is 4.39 Å². The summed E-state index contributed by atoms with van der Waals surface area (Å²) in [6.45, 7) is 2.21. The van der Waals surface area contributed by atoms with Gasteiger partial charge in [0.1, 0.15) is 11.9 Å². The zero-order valence-electron chi connectivity index (χ0n) is 19.5. The van der Waals surface area contributed by atoms with E-state index in [0.717, 1.165) is 25.7 Å². The summed E-state index contributed by atoms with van der Waals surface area (Å²) in [6, 6.07) is 12.2. The van der Waals surface area contributed by atoms with Crippen LogP contribution >= 0.6 is 11.6 Å². The molecule has 1 heterocycles. The lowest BCUT2D eigenvalue weighted by Crippen LogP contribution is -2.56. The first-order valence-electron chi connectivity index (χ1n) is 12.0. The van der Waals surface area contributed by atoms with Crippen molar-refractivity contribution in [2.45, 2.75) is 37.8 Å². The second-order valence-corrected chi connectivity index (χ2v) is 9.58. The lowest BCUT2D eigenvalue weighted by molar-refractivity contribution is -0.133. The second kappa shape index (κ2) is 11.2. The van der Waals surface area contributed by atoms with Gasteiger partial charge in [0, 0.05) is 37.8 Å². The molecule has 2 fully saturated rings. The molecule has 0 bridgehead atoms. The van der Waals surface area contributed by atoms with E-state index >= 15 is 0 Å². The number of carbonyl (C=O) groups is 3. The first kappa shape index (κ1) is 25.1. The van der Waals surface area contributed by atoms with Crippen molar-refractivity contribution in [3.63, 3.8) is 0 Å². The summed E-state index contributed by atoms with van der Waals surface area (Å²) in [5.41, 5.74) is 6.53. The van der Waals surface area contributed by atoms with E-state index in [4.69, 9.17) is 17.3 Å². The zero-order chi connectivity index (χ0) is 24.9. The standard InChI is InChI=1S/C26H30ClFN4O3/c27-20-11-10-18(16-21(20)28)26(35)32-14-12-31(13-15-32)22-9-5-4-8-19(22)25(34)30-23(24(29)33)17-6-2-1-3-7-17/h1-3,6-7,10-11,16,19,22-23H,4-5,8-9,12-15H2,(H2,29,33)(H,30,34)/t19-,22-,23+/m1/s1. The Hall–Kier alpha value is -2.97. The Morgan fingerprint density at radius 2 is 1.69 bits per heavy atom. The van der Waals surface area contributed by atoms with E-state index < -0.39 is 17.8 Å². The number of nitrogens with zero attached hydrogens (tertiary/aromatic N) is 2. The van der Waals surface area contributed by atoms with E-state index in [-0.39, 0.29) is 34.4 Å². The summed E-state index contributed by atoms with van der Waals surface area (Å²) >= 11 is 5.73. The highest BCUT2D eigenvalue weighted by Crippen LogP contribution is 2.30. The minimum absolute atomic E-state index is 0.0150. The Morgan fingerprint density at radius 3 is 2.34 bits per heavy atom. The summed E-state index contributed by atoms with van der Waals surface area (Å²) in [5, 5.41) is 2.86. The summed E-state index contributed by atoms with van der Waals surface area (Å²) in [5.74, 6) is -1.87. The van der Waals surface area contributed by atoms with Crippen molar-refractivity contribution in [1.29, 1.82) is 0 Å². The summed E-state index contributed by atoms with van der Waals surface area (Å²) in [7, 11) is 0. The molecule has 3 amide bonds. The molecule has 4 rings (SSSR count). The number of halogens is 2. The molecular weight excluding hydrogens is 471 g/mol. The smallest absolute Gasteiger partial charge is 0.254 e. The molecule has 2 aromatic carbocycles. The van der Waals surface area contributed by atoms with E-state index in [9.17, 15) is 18.8 Å². The number of carbonyl (C=O) groups excluding carboxylic acids is 3. The van der Waals surface area contributed by atoms with Gasteiger partial charge >= 0.3 is 0 Å². The number of nitrogens with two attached hydrogens (primary N) is 1. The number of hydrogen-bond donors (Lipinski definition) is 2. The quantitative estimate of drug-likeness (QED) is 0.637. The molecule has 0 unspecified atom stereocenters. The SMILES string of the molecule is NC(=O)[C@@H](NC(=O)[C@@H]1CCCC[C@H]1N1CCN(C(=O)c2ccc(Cl)c(F)c2)CC1)c1ccccc1. The molecule has 2 aliphatic rings. The molecule has 0 spiro atoms. The van der Waals surface area contributed by atoms with Crippen LogP contribution in [0.2, 0.25) is 5.02 Å². The molecule has 186 valence electrons. The number of rotatable bonds is 6. The minimum atomic E-state index is -0.875. The van der Waals surface area contributed by atoms with Crippen LogP contribution < -0.4 is 11.1 Å². The van der Waals surface area contributed by atoms with Crippen LogP contribution in [0.1, 0.15) is 47.6 Å². The maximum atomic E-state index is 13.8. The highest BCUT2D eigenvalue weighted by Gasteiger charge is 2.38. The Kier molecular flexibility index (Phi) is 8.03. The van der Waals surface area contributed by atoms with Crippen molar-refractivity contribution in [3.8, 4) is 0 Å². The highest BCUT2D eigenvalue weighted by atomic mass is 35.5. The van der Waals surface area contributed by atoms with Gasteiger partial charge in [0.2, 0.25) is 11.8 Å². The van der Waals surface area contributed by atoms with Crippen LogP contribution in [-0.2, 0) is 9.59 Å². The number of nitrogens with one attached hydrogen (secondary N) is 1. The van der Waals surface area contributed by atoms with E-state index in [1.165, 1.54) is 18.2 Å². The van der Waals surface area contributed by atoms with E-state index in [1.54, 1.807) is 29.2 Å². The largest absolute Gasteiger partial charge is 0.368 e. The number of piperazine rings is 1. The van der Waals surface area contributed by atoms with Crippen LogP contribution in [0, 0.1) is 11.7 Å². The Bertz CT molecular complexity index is 1080. The Labute approximate surface area is 209 Å². The molecule has 1 aliphatic carbocycles.